The van der Waals surface area contributed by atoms with E-state index in [4.69, 9.17) is 21.1 Å². The van der Waals surface area contributed by atoms with Gasteiger partial charge in [0.15, 0.2) is 11.5 Å². The highest BCUT2D eigenvalue weighted by Crippen LogP contribution is 2.37. The molecule has 3 aromatic carbocycles. The number of benzene rings is 3. The lowest BCUT2D eigenvalue weighted by molar-refractivity contribution is 0.171. The van der Waals surface area contributed by atoms with Crippen LogP contribution in [0, 0.1) is 0 Å². The standard InChI is InChI=1S/C22H21ClN2O4/c1-3-28-20-12-15(13-24-25-22(26)27-2)11-19(23)21(20)29-14-17-9-6-8-16-7-4-5-10-18(16)17/h4-13H,3,14H2,1-2H3,(H,25,26)/b24-13-. The summed E-state index contributed by atoms with van der Waals surface area (Å²) in [7, 11) is 1.26. The number of amides is 1. The number of halogens is 1. The van der Waals surface area contributed by atoms with E-state index in [1.807, 2.05) is 31.2 Å². The highest BCUT2D eigenvalue weighted by molar-refractivity contribution is 6.32. The average molecular weight is 413 g/mol. The van der Waals surface area contributed by atoms with Crippen molar-refractivity contribution in [2.24, 2.45) is 5.10 Å². The number of fused-ring (bicyclic) bond motifs is 1. The average Bonchev–Trinajstić information content (AvgIpc) is 2.73. The summed E-state index contributed by atoms with van der Waals surface area (Å²) in [5, 5.41) is 6.47. The molecule has 0 fully saturated rings. The number of carbonyl (C=O) groups excluding carboxylic acids is 1. The lowest BCUT2D eigenvalue weighted by Crippen LogP contribution is -2.16. The van der Waals surface area contributed by atoms with Gasteiger partial charge in [0.2, 0.25) is 0 Å². The second-order valence-electron chi connectivity index (χ2n) is 6.05. The number of nitrogens with one attached hydrogen (secondary N) is 1. The summed E-state index contributed by atoms with van der Waals surface area (Å²) in [4.78, 5) is 11.1. The Balaban J connectivity index is 1.83. The third kappa shape index (κ3) is 5.18. The number of ether oxygens (including phenoxy) is 3. The van der Waals surface area contributed by atoms with E-state index in [9.17, 15) is 4.79 Å². The molecule has 0 aliphatic carbocycles. The van der Waals surface area contributed by atoms with Gasteiger partial charge >= 0.3 is 6.09 Å². The van der Waals surface area contributed by atoms with E-state index >= 15 is 0 Å². The molecule has 7 heteroatoms. The summed E-state index contributed by atoms with van der Waals surface area (Å²) >= 11 is 6.44. The zero-order chi connectivity index (χ0) is 20.6. The Hall–Kier alpha value is -3.25. The van der Waals surface area contributed by atoms with Crippen molar-refractivity contribution < 1.29 is 19.0 Å². The molecule has 0 saturated heterocycles. The van der Waals surface area contributed by atoms with Crippen molar-refractivity contribution in [2.45, 2.75) is 13.5 Å². The largest absolute Gasteiger partial charge is 0.490 e. The number of methoxy groups -OCH3 is 1. The maximum absolute atomic E-state index is 11.1. The van der Waals surface area contributed by atoms with Crippen LogP contribution in [0.3, 0.4) is 0 Å². The minimum Gasteiger partial charge on any atom is -0.490 e. The topological polar surface area (TPSA) is 69.2 Å². The van der Waals surface area contributed by atoms with Gasteiger partial charge in [-0.25, -0.2) is 10.2 Å². The van der Waals surface area contributed by atoms with E-state index in [-0.39, 0.29) is 0 Å². The van der Waals surface area contributed by atoms with Crippen molar-refractivity contribution in [3.8, 4) is 11.5 Å². The van der Waals surface area contributed by atoms with E-state index in [0.717, 1.165) is 16.3 Å². The Morgan fingerprint density at radius 3 is 2.72 bits per heavy atom. The van der Waals surface area contributed by atoms with Crippen LogP contribution in [0.5, 0.6) is 11.5 Å². The van der Waals surface area contributed by atoms with Crippen LogP contribution >= 0.6 is 11.6 Å². The van der Waals surface area contributed by atoms with E-state index < -0.39 is 6.09 Å². The summed E-state index contributed by atoms with van der Waals surface area (Å²) in [6.45, 7) is 2.67. The molecule has 0 saturated carbocycles. The van der Waals surface area contributed by atoms with Crippen LogP contribution in [0.1, 0.15) is 18.1 Å². The first-order valence-electron chi connectivity index (χ1n) is 9.05. The molecule has 0 spiro atoms. The zero-order valence-corrected chi connectivity index (χ0v) is 16.9. The fourth-order valence-electron chi connectivity index (χ4n) is 2.84. The van der Waals surface area contributed by atoms with Gasteiger partial charge in [-0.15, -0.1) is 0 Å². The molecule has 0 aliphatic heterocycles. The first-order valence-corrected chi connectivity index (χ1v) is 9.43. The van der Waals surface area contributed by atoms with Crippen molar-refractivity contribution in [1.29, 1.82) is 0 Å². The van der Waals surface area contributed by atoms with Crippen LogP contribution in [-0.4, -0.2) is 26.0 Å². The number of hydrogen-bond acceptors (Lipinski definition) is 5. The summed E-state index contributed by atoms with van der Waals surface area (Å²) in [5.74, 6) is 0.958. The molecule has 1 amide bonds. The highest BCUT2D eigenvalue weighted by atomic mass is 35.5. The minimum atomic E-state index is -0.660. The molecule has 0 aliphatic rings. The van der Waals surface area contributed by atoms with Crippen LogP contribution in [0.2, 0.25) is 5.02 Å². The summed E-state index contributed by atoms with van der Waals surface area (Å²) in [5.41, 5.74) is 3.92. The highest BCUT2D eigenvalue weighted by Gasteiger charge is 2.13. The maximum atomic E-state index is 11.1. The Bertz CT molecular complexity index is 1030. The molecular formula is C22H21ClN2O4. The molecule has 0 bridgehead atoms. The first kappa shape index (κ1) is 20.5. The minimum absolute atomic E-state index is 0.346. The molecule has 29 heavy (non-hydrogen) atoms. The third-order valence-corrected chi connectivity index (χ3v) is 4.42. The van der Waals surface area contributed by atoms with E-state index in [2.05, 4.69) is 33.5 Å². The van der Waals surface area contributed by atoms with Gasteiger partial charge in [0, 0.05) is 0 Å². The Morgan fingerprint density at radius 2 is 1.93 bits per heavy atom. The van der Waals surface area contributed by atoms with Crippen molar-refractivity contribution in [2.75, 3.05) is 13.7 Å². The molecule has 0 radical (unpaired) electrons. The van der Waals surface area contributed by atoms with Crippen molar-refractivity contribution >= 4 is 34.7 Å². The van der Waals surface area contributed by atoms with Gasteiger partial charge in [0.05, 0.1) is 25.0 Å². The Labute approximate surface area is 174 Å². The van der Waals surface area contributed by atoms with Gasteiger partial charge in [-0.2, -0.15) is 5.10 Å². The van der Waals surface area contributed by atoms with Gasteiger partial charge in [-0.1, -0.05) is 54.1 Å². The molecule has 1 N–H and O–H groups in total. The molecule has 0 aromatic heterocycles. The molecule has 150 valence electrons. The fraction of sp³-hybridized carbons (Fsp3) is 0.182. The Morgan fingerprint density at radius 1 is 1.14 bits per heavy atom. The summed E-state index contributed by atoms with van der Waals surface area (Å²) < 4.78 is 16.2. The monoisotopic (exact) mass is 412 g/mol. The van der Waals surface area contributed by atoms with E-state index in [0.29, 0.717) is 35.3 Å². The van der Waals surface area contributed by atoms with Crippen molar-refractivity contribution in [3.63, 3.8) is 0 Å². The predicted molar refractivity (Wildman–Crippen MR) is 114 cm³/mol. The van der Waals surface area contributed by atoms with Gasteiger partial charge in [0.25, 0.3) is 0 Å². The number of nitrogens with zero attached hydrogens (tertiary/aromatic N) is 1. The smallest absolute Gasteiger partial charge is 0.427 e. The van der Waals surface area contributed by atoms with E-state index in [1.54, 1.807) is 12.1 Å². The third-order valence-electron chi connectivity index (χ3n) is 4.14. The van der Waals surface area contributed by atoms with Gasteiger partial charge in [-0.05, 0) is 41.0 Å². The maximum Gasteiger partial charge on any atom is 0.427 e. The van der Waals surface area contributed by atoms with Crippen LogP contribution in [0.15, 0.2) is 59.7 Å². The molecule has 0 heterocycles. The first-order chi connectivity index (χ1) is 14.1. The van der Waals surface area contributed by atoms with Gasteiger partial charge < -0.3 is 14.2 Å². The number of rotatable bonds is 7. The Kier molecular flexibility index (Phi) is 6.92. The normalized spacial score (nSPS) is 10.9. The van der Waals surface area contributed by atoms with Crippen LogP contribution < -0.4 is 14.9 Å². The number of hydrogen-bond donors (Lipinski definition) is 1. The molecule has 3 aromatic rings. The number of carbonyl (C=O) groups is 1. The van der Waals surface area contributed by atoms with Crippen LogP contribution in [0.25, 0.3) is 10.8 Å². The zero-order valence-electron chi connectivity index (χ0n) is 16.1. The molecular weight excluding hydrogens is 392 g/mol. The van der Waals surface area contributed by atoms with Crippen molar-refractivity contribution in [1.82, 2.24) is 5.43 Å². The second-order valence-corrected chi connectivity index (χ2v) is 6.46. The second kappa shape index (κ2) is 9.80. The molecule has 0 atom stereocenters. The molecule has 3 rings (SSSR count). The lowest BCUT2D eigenvalue weighted by Gasteiger charge is -2.15. The predicted octanol–water partition coefficient (Wildman–Crippen LogP) is 5.16. The van der Waals surface area contributed by atoms with Crippen molar-refractivity contribution in [3.05, 3.63) is 70.7 Å². The molecule has 6 nitrogen and oxygen atoms in total. The van der Waals surface area contributed by atoms with Crippen LogP contribution in [0.4, 0.5) is 4.79 Å². The van der Waals surface area contributed by atoms with E-state index in [1.165, 1.54) is 13.3 Å². The van der Waals surface area contributed by atoms with Crippen LogP contribution in [-0.2, 0) is 11.3 Å². The molecule has 0 unspecified atom stereocenters. The lowest BCUT2D eigenvalue weighted by atomic mass is 10.1. The quantitative estimate of drug-likeness (QED) is 0.430. The van der Waals surface area contributed by atoms with Gasteiger partial charge in [0.1, 0.15) is 6.61 Å². The fourth-order valence-corrected chi connectivity index (χ4v) is 3.11. The summed E-state index contributed by atoms with van der Waals surface area (Å²) in [6.07, 6.45) is 0.784. The number of hydrazone groups is 1. The SMILES string of the molecule is CCOc1cc(/C=N\NC(=O)OC)cc(Cl)c1OCc1cccc2ccccc12. The van der Waals surface area contributed by atoms with Gasteiger partial charge in [-0.3, -0.25) is 0 Å². The summed E-state index contributed by atoms with van der Waals surface area (Å²) in [6, 6.07) is 17.7.